The van der Waals surface area contributed by atoms with Crippen molar-refractivity contribution in [2.24, 2.45) is 0 Å². The summed E-state index contributed by atoms with van der Waals surface area (Å²) < 4.78 is 7.53. The second-order valence-electron chi connectivity index (χ2n) is 7.84. The van der Waals surface area contributed by atoms with Crippen molar-refractivity contribution in [1.29, 1.82) is 0 Å². The molecule has 0 aromatic carbocycles. The van der Waals surface area contributed by atoms with Gasteiger partial charge >= 0.3 is 0 Å². The van der Waals surface area contributed by atoms with Crippen molar-refractivity contribution < 1.29 is 9.63 Å². The van der Waals surface area contributed by atoms with Crippen LogP contribution in [0.4, 0.5) is 0 Å². The molecule has 2 aliphatic rings. The van der Waals surface area contributed by atoms with Gasteiger partial charge in [0.25, 0.3) is 0 Å². The van der Waals surface area contributed by atoms with Crippen molar-refractivity contribution in [3.05, 3.63) is 28.7 Å². The van der Waals surface area contributed by atoms with E-state index in [4.69, 9.17) is 4.52 Å². The highest BCUT2D eigenvalue weighted by molar-refractivity contribution is 5.21. The van der Waals surface area contributed by atoms with Gasteiger partial charge in [0, 0.05) is 37.8 Å². The zero-order valence-corrected chi connectivity index (χ0v) is 16.0. The Morgan fingerprint density at radius 2 is 2.04 bits per heavy atom. The molecule has 0 radical (unpaired) electrons. The van der Waals surface area contributed by atoms with Crippen LogP contribution in [0.2, 0.25) is 0 Å². The van der Waals surface area contributed by atoms with E-state index in [2.05, 4.69) is 43.6 Å². The summed E-state index contributed by atoms with van der Waals surface area (Å²) in [5.74, 6) is 2.90. The number of rotatable bonds is 4. The van der Waals surface area contributed by atoms with Gasteiger partial charge in [0.05, 0.1) is 24.4 Å². The number of aliphatic hydroxyl groups is 1. The van der Waals surface area contributed by atoms with E-state index in [1.807, 2.05) is 13.8 Å². The smallest absolute Gasteiger partial charge is 0.150 e. The molecule has 142 valence electrons. The van der Waals surface area contributed by atoms with Crippen LogP contribution in [0, 0.1) is 13.8 Å². The number of aryl methyl sites for hydroxylation is 2. The molecule has 26 heavy (non-hydrogen) atoms. The van der Waals surface area contributed by atoms with Crippen LogP contribution in [0.3, 0.4) is 0 Å². The lowest BCUT2D eigenvalue weighted by Crippen LogP contribution is -2.36. The quantitative estimate of drug-likeness (QED) is 0.883. The first-order valence-electron chi connectivity index (χ1n) is 9.44. The van der Waals surface area contributed by atoms with Gasteiger partial charge in [-0.1, -0.05) is 5.16 Å². The maximum Gasteiger partial charge on any atom is 0.150 e. The zero-order valence-electron chi connectivity index (χ0n) is 16.0. The van der Waals surface area contributed by atoms with Crippen LogP contribution in [-0.4, -0.2) is 60.1 Å². The first kappa shape index (κ1) is 17.6. The fraction of sp³-hybridized carbons (Fsp3) is 0.722. The summed E-state index contributed by atoms with van der Waals surface area (Å²) in [6.45, 7) is 12.4. The normalized spacial score (nSPS) is 24.5. The lowest BCUT2D eigenvalue weighted by molar-refractivity contribution is 0.155. The van der Waals surface area contributed by atoms with Gasteiger partial charge < -0.3 is 14.2 Å². The Kier molecular flexibility index (Phi) is 4.58. The van der Waals surface area contributed by atoms with Gasteiger partial charge in [0.15, 0.2) is 5.82 Å². The van der Waals surface area contributed by atoms with Crippen LogP contribution in [0.25, 0.3) is 0 Å². The van der Waals surface area contributed by atoms with Gasteiger partial charge in [0.2, 0.25) is 0 Å². The predicted octanol–water partition coefficient (Wildman–Crippen LogP) is 1.41. The van der Waals surface area contributed by atoms with Crippen LogP contribution < -0.4 is 0 Å². The third-order valence-corrected chi connectivity index (χ3v) is 5.70. The minimum Gasteiger partial charge on any atom is -0.392 e. The Labute approximate surface area is 153 Å². The highest BCUT2D eigenvalue weighted by atomic mass is 16.5. The molecule has 0 unspecified atom stereocenters. The standard InChI is InChI=1S/C18H28N6O2/c1-11(2)24-8-14(25)7-16(24)18-20-19-17-10-22(5-6-23(17)18)9-15-12(3)21-26-13(15)4/h11,14,16,25H,5-10H2,1-4H3/t14-,16-/m0/s1. The molecule has 0 spiro atoms. The summed E-state index contributed by atoms with van der Waals surface area (Å²) >= 11 is 0. The molecule has 2 aromatic heterocycles. The molecule has 2 aromatic rings. The highest BCUT2D eigenvalue weighted by Crippen LogP contribution is 2.34. The van der Waals surface area contributed by atoms with Gasteiger partial charge in [-0.2, -0.15) is 0 Å². The number of hydrogen-bond acceptors (Lipinski definition) is 7. The van der Waals surface area contributed by atoms with E-state index in [-0.39, 0.29) is 12.1 Å². The first-order valence-corrected chi connectivity index (χ1v) is 9.44. The molecule has 8 heteroatoms. The first-order chi connectivity index (χ1) is 12.4. The van der Waals surface area contributed by atoms with Crippen LogP contribution in [-0.2, 0) is 19.6 Å². The number of aliphatic hydroxyl groups excluding tert-OH is 1. The summed E-state index contributed by atoms with van der Waals surface area (Å²) in [4.78, 5) is 4.70. The molecule has 4 heterocycles. The van der Waals surface area contributed by atoms with Crippen molar-refractivity contribution in [1.82, 2.24) is 29.7 Å². The Hall–Kier alpha value is -1.77. The predicted molar refractivity (Wildman–Crippen MR) is 95.3 cm³/mol. The molecule has 1 fully saturated rings. The third-order valence-electron chi connectivity index (χ3n) is 5.70. The van der Waals surface area contributed by atoms with E-state index in [9.17, 15) is 5.11 Å². The Morgan fingerprint density at radius 1 is 1.23 bits per heavy atom. The molecular formula is C18H28N6O2. The van der Waals surface area contributed by atoms with Gasteiger partial charge in [-0.25, -0.2) is 0 Å². The topological polar surface area (TPSA) is 83.5 Å². The molecule has 0 amide bonds. The molecule has 0 bridgehead atoms. The minimum atomic E-state index is -0.282. The average Bonchev–Trinajstić information content (AvgIpc) is 3.27. The number of aromatic nitrogens is 4. The fourth-order valence-corrected chi connectivity index (χ4v) is 4.23. The summed E-state index contributed by atoms with van der Waals surface area (Å²) in [7, 11) is 0. The van der Waals surface area contributed by atoms with Gasteiger partial charge in [-0.3, -0.25) is 9.80 Å². The lowest BCUT2D eigenvalue weighted by atomic mass is 10.1. The Balaban J connectivity index is 1.52. The Bertz CT molecular complexity index is 763. The molecule has 2 aliphatic heterocycles. The van der Waals surface area contributed by atoms with E-state index in [1.165, 1.54) is 5.56 Å². The molecule has 0 saturated carbocycles. The summed E-state index contributed by atoms with van der Waals surface area (Å²) in [5.41, 5.74) is 2.13. The maximum atomic E-state index is 10.1. The average molecular weight is 360 g/mol. The Morgan fingerprint density at radius 3 is 2.73 bits per heavy atom. The fourth-order valence-electron chi connectivity index (χ4n) is 4.23. The minimum absolute atomic E-state index is 0.153. The summed E-state index contributed by atoms with van der Waals surface area (Å²) in [5, 5.41) is 23.2. The van der Waals surface area contributed by atoms with E-state index in [0.29, 0.717) is 12.6 Å². The van der Waals surface area contributed by atoms with Gasteiger partial charge in [0.1, 0.15) is 11.6 Å². The molecule has 4 rings (SSSR count). The van der Waals surface area contributed by atoms with E-state index >= 15 is 0 Å². The SMILES string of the molecule is Cc1noc(C)c1CN1CCn2c(nnc2[C@@H]2C[C@H](O)CN2C(C)C)C1. The molecule has 1 saturated heterocycles. The monoisotopic (exact) mass is 360 g/mol. The van der Waals surface area contributed by atoms with Crippen molar-refractivity contribution in [3.8, 4) is 0 Å². The molecule has 0 aliphatic carbocycles. The summed E-state index contributed by atoms with van der Waals surface area (Å²) in [6, 6.07) is 0.532. The summed E-state index contributed by atoms with van der Waals surface area (Å²) in [6.07, 6.45) is 0.453. The van der Waals surface area contributed by atoms with E-state index in [1.54, 1.807) is 0 Å². The number of hydrogen-bond donors (Lipinski definition) is 1. The lowest BCUT2D eigenvalue weighted by Gasteiger charge is -2.31. The molecule has 1 N–H and O–H groups in total. The second-order valence-corrected chi connectivity index (χ2v) is 7.84. The molecular weight excluding hydrogens is 332 g/mol. The van der Waals surface area contributed by atoms with Crippen LogP contribution in [0.15, 0.2) is 4.52 Å². The number of fused-ring (bicyclic) bond motifs is 1. The van der Waals surface area contributed by atoms with Crippen molar-refractivity contribution in [2.45, 2.75) is 71.9 Å². The zero-order chi connectivity index (χ0) is 18.4. The second kappa shape index (κ2) is 6.75. The number of likely N-dealkylation sites (tertiary alicyclic amines) is 1. The van der Waals surface area contributed by atoms with Crippen LogP contribution in [0.1, 0.15) is 55.0 Å². The maximum absolute atomic E-state index is 10.1. The number of nitrogens with zero attached hydrogens (tertiary/aromatic N) is 6. The van der Waals surface area contributed by atoms with Gasteiger partial charge in [-0.05, 0) is 34.1 Å². The van der Waals surface area contributed by atoms with Crippen molar-refractivity contribution in [3.63, 3.8) is 0 Å². The van der Waals surface area contributed by atoms with Crippen molar-refractivity contribution >= 4 is 0 Å². The molecule has 8 nitrogen and oxygen atoms in total. The van der Waals surface area contributed by atoms with Crippen molar-refractivity contribution in [2.75, 3.05) is 13.1 Å². The van der Waals surface area contributed by atoms with E-state index < -0.39 is 0 Å². The van der Waals surface area contributed by atoms with Gasteiger partial charge in [-0.15, -0.1) is 10.2 Å². The highest BCUT2D eigenvalue weighted by Gasteiger charge is 2.38. The van der Waals surface area contributed by atoms with Crippen LogP contribution in [0.5, 0.6) is 0 Å². The van der Waals surface area contributed by atoms with E-state index in [0.717, 1.165) is 55.7 Å². The third kappa shape index (κ3) is 3.06. The number of β-amino-alcohol motifs (C(OH)–C–C–N with tert-alkyl or cyclic N) is 1. The largest absolute Gasteiger partial charge is 0.392 e. The van der Waals surface area contributed by atoms with Crippen LogP contribution >= 0.6 is 0 Å². The molecule has 2 atom stereocenters.